The van der Waals surface area contributed by atoms with Crippen LogP contribution in [0.4, 0.5) is 5.95 Å². The predicted molar refractivity (Wildman–Crippen MR) is 135 cm³/mol. The molecule has 0 aliphatic carbocycles. The largest absolute Gasteiger partial charge is 0.366 e. The number of nitrogens with two attached hydrogens (primary N) is 1. The fourth-order valence-corrected chi connectivity index (χ4v) is 4.34. The number of nitrogens with one attached hydrogen (secondary N) is 1. The zero-order valence-electron chi connectivity index (χ0n) is 20.1. The SMILES string of the molecule is CN(C)c1ncc(-c2cccc(C(N)=O)c2)c(C2CCCCN2CC(=O)NCc2ccccn2)n1. The average molecular weight is 474 g/mol. The smallest absolute Gasteiger partial charge is 0.248 e. The minimum absolute atomic E-state index is 0.0540. The van der Waals surface area contributed by atoms with Crippen molar-refractivity contribution in [2.75, 3.05) is 32.1 Å². The second-order valence-corrected chi connectivity index (χ2v) is 8.89. The van der Waals surface area contributed by atoms with Crippen LogP contribution in [0.15, 0.2) is 54.9 Å². The summed E-state index contributed by atoms with van der Waals surface area (Å²) < 4.78 is 0. The van der Waals surface area contributed by atoms with E-state index in [0.29, 0.717) is 18.1 Å². The van der Waals surface area contributed by atoms with Crippen LogP contribution in [0.1, 0.15) is 47.1 Å². The molecule has 1 aromatic carbocycles. The number of likely N-dealkylation sites (tertiary alicyclic amines) is 1. The Morgan fingerprint density at radius 3 is 2.74 bits per heavy atom. The zero-order valence-corrected chi connectivity index (χ0v) is 20.1. The number of primary amides is 1. The lowest BCUT2D eigenvalue weighted by Crippen LogP contribution is -2.42. The number of rotatable bonds is 8. The van der Waals surface area contributed by atoms with Crippen LogP contribution >= 0.6 is 0 Å². The van der Waals surface area contributed by atoms with Gasteiger partial charge >= 0.3 is 0 Å². The number of carbonyl (C=O) groups excluding carboxylic acids is 2. The molecule has 35 heavy (non-hydrogen) atoms. The van der Waals surface area contributed by atoms with Gasteiger partial charge < -0.3 is 16.0 Å². The van der Waals surface area contributed by atoms with Gasteiger partial charge in [-0.05, 0) is 49.2 Å². The summed E-state index contributed by atoms with van der Waals surface area (Å²) in [6.07, 6.45) is 6.45. The molecule has 0 saturated carbocycles. The second-order valence-electron chi connectivity index (χ2n) is 8.89. The third-order valence-electron chi connectivity index (χ3n) is 6.13. The summed E-state index contributed by atoms with van der Waals surface area (Å²) >= 11 is 0. The van der Waals surface area contributed by atoms with Crippen LogP contribution in [0.5, 0.6) is 0 Å². The molecule has 0 radical (unpaired) electrons. The van der Waals surface area contributed by atoms with E-state index >= 15 is 0 Å². The van der Waals surface area contributed by atoms with E-state index < -0.39 is 5.91 Å². The van der Waals surface area contributed by atoms with E-state index in [0.717, 1.165) is 48.3 Å². The summed E-state index contributed by atoms with van der Waals surface area (Å²) in [5.74, 6) is 0.0600. The van der Waals surface area contributed by atoms with Crippen molar-refractivity contribution in [2.45, 2.75) is 31.8 Å². The molecule has 1 aliphatic heterocycles. The van der Waals surface area contributed by atoms with Crippen LogP contribution in [0.3, 0.4) is 0 Å². The minimum Gasteiger partial charge on any atom is -0.366 e. The van der Waals surface area contributed by atoms with Gasteiger partial charge in [0, 0.05) is 37.6 Å². The van der Waals surface area contributed by atoms with Crippen molar-refractivity contribution in [2.24, 2.45) is 5.73 Å². The summed E-state index contributed by atoms with van der Waals surface area (Å²) in [5.41, 5.74) is 9.28. The molecule has 3 N–H and O–H groups in total. The Balaban J connectivity index is 1.62. The molecule has 3 heterocycles. The van der Waals surface area contributed by atoms with Gasteiger partial charge in [0.05, 0.1) is 30.5 Å². The Morgan fingerprint density at radius 1 is 1.14 bits per heavy atom. The maximum atomic E-state index is 12.8. The van der Waals surface area contributed by atoms with Crippen LogP contribution in [-0.4, -0.2) is 58.9 Å². The van der Waals surface area contributed by atoms with Gasteiger partial charge in [-0.25, -0.2) is 9.97 Å². The number of nitrogens with zero attached hydrogens (tertiary/aromatic N) is 5. The van der Waals surface area contributed by atoms with Gasteiger partial charge in [0.1, 0.15) is 0 Å². The first-order valence-electron chi connectivity index (χ1n) is 11.8. The summed E-state index contributed by atoms with van der Waals surface area (Å²) in [6, 6.07) is 12.8. The van der Waals surface area contributed by atoms with E-state index in [1.807, 2.05) is 49.3 Å². The molecule has 2 aromatic heterocycles. The summed E-state index contributed by atoms with van der Waals surface area (Å²) in [6.45, 7) is 1.45. The zero-order chi connectivity index (χ0) is 24.8. The van der Waals surface area contributed by atoms with E-state index in [1.54, 1.807) is 24.5 Å². The summed E-state index contributed by atoms with van der Waals surface area (Å²) in [5, 5.41) is 2.98. The molecule has 3 aromatic rings. The fourth-order valence-electron chi connectivity index (χ4n) is 4.34. The lowest BCUT2D eigenvalue weighted by atomic mass is 9.93. The van der Waals surface area contributed by atoms with Gasteiger partial charge in [-0.2, -0.15) is 0 Å². The molecule has 1 fully saturated rings. The first-order valence-corrected chi connectivity index (χ1v) is 11.8. The van der Waals surface area contributed by atoms with E-state index in [1.165, 1.54) is 0 Å². The third-order valence-corrected chi connectivity index (χ3v) is 6.13. The highest BCUT2D eigenvalue weighted by molar-refractivity contribution is 5.94. The van der Waals surface area contributed by atoms with E-state index in [2.05, 4.69) is 20.2 Å². The highest BCUT2D eigenvalue weighted by Gasteiger charge is 2.30. The summed E-state index contributed by atoms with van der Waals surface area (Å²) in [7, 11) is 3.80. The number of aromatic nitrogens is 3. The molecule has 0 spiro atoms. The quantitative estimate of drug-likeness (QED) is 0.516. The molecule has 1 saturated heterocycles. The molecular weight excluding hydrogens is 442 g/mol. The van der Waals surface area contributed by atoms with Gasteiger partial charge in [0.2, 0.25) is 17.8 Å². The number of carbonyl (C=O) groups is 2. The highest BCUT2D eigenvalue weighted by Crippen LogP contribution is 2.36. The Morgan fingerprint density at radius 2 is 2.00 bits per heavy atom. The number of pyridine rings is 1. The van der Waals surface area contributed by atoms with E-state index in [9.17, 15) is 9.59 Å². The van der Waals surface area contributed by atoms with Gasteiger partial charge in [-0.15, -0.1) is 0 Å². The van der Waals surface area contributed by atoms with E-state index in [-0.39, 0.29) is 18.5 Å². The normalized spacial score (nSPS) is 16.0. The van der Waals surface area contributed by atoms with Crippen molar-refractivity contribution in [3.05, 3.63) is 71.8 Å². The maximum absolute atomic E-state index is 12.8. The van der Waals surface area contributed by atoms with Gasteiger partial charge in [-0.3, -0.25) is 19.5 Å². The van der Waals surface area contributed by atoms with Crippen molar-refractivity contribution in [1.29, 1.82) is 0 Å². The molecule has 4 rings (SSSR count). The molecule has 1 aliphatic rings. The van der Waals surface area contributed by atoms with Crippen molar-refractivity contribution in [3.63, 3.8) is 0 Å². The highest BCUT2D eigenvalue weighted by atomic mass is 16.2. The number of piperidine rings is 1. The lowest BCUT2D eigenvalue weighted by molar-refractivity contribution is -0.123. The number of anilines is 1. The van der Waals surface area contributed by atoms with E-state index in [4.69, 9.17) is 10.7 Å². The van der Waals surface area contributed by atoms with Gasteiger partial charge in [-0.1, -0.05) is 24.6 Å². The number of amides is 2. The Labute approximate surface area is 205 Å². The third kappa shape index (κ3) is 5.99. The second kappa shape index (κ2) is 11.1. The van der Waals surface area contributed by atoms with Crippen molar-refractivity contribution in [1.82, 2.24) is 25.2 Å². The standard InChI is InChI=1S/C26H31N7O2/c1-32(2)26-30-16-21(18-8-7-9-19(14-18)25(27)35)24(31-26)22-11-4-6-13-33(22)17-23(34)29-15-20-10-3-5-12-28-20/h3,5,7-10,12,14,16,22H,4,6,11,13,15,17H2,1-2H3,(H2,27,35)(H,29,34). The van der Waals surface area contributed by atoms with Crippen LogP contribution in [0, 0.1) is 0 Å². The monoisotopic (exact) mass is 473 g/mol. The van der Waals surface area contributed by atoms with Gasteiger partial charge in [0.15, 0.2) is 0 Å². The van der Waals surface area contributed by atoms with Crippen LogP contribution in [-0.2, 0) is 11.3 Å². The van der Waals surface area contributed by atoms with Crippen LogP contribution in [0.25, 0.3) is 11.1 Å². The minimum atomic E-state index is -0.483. The van der Waals surface area contributed by atoms with Crippen molar-refractivity contribution in [3.8, 4) is 11.1 Å². The fraction of sp³-hybridized carbons (Fsp3) is 0.346. The van der Waals surface area contributed by atoms with Crippen LogP contribution < -0.4 is 16.0 Å². The number of benzene rings is 1. The predicted octanol–water partition coefficient (Wildman–Crippen LogP) is 2.55. The van der Waals surface area contributed by atoms with Crippen LogP contribution in [0.2, 0.25) is 0 Å². The van der Waals surface area contributed by atoms with Gasteiger partial charge in [0.25, 0.3) is 0 Å². The molecule has 1 atom stereocenters. The molecule has 9 nitrogen and oxygen atoms in total. The number of hydrogen-bond donors (Lipinski definition) is 2. The molecule has 182 valence electrons. The first kappa shape index (κ1) is 24.3. The Bertz CT molecular complexity index is 1180. The first-order chi connectivity index (χ1) is 16.9. The van der Waals surface area contributed by atoms with Crippen molar-refractivity contribution < 1.29 is 9.59 Å². The topological polar surface area (TPSA) is 117 Å². The molecular formula is C26H31N7O2. The maximum Gasteiger partial charge on any atom is 0.248 e. The molecule has 0 bridgehead atoms. The summed E-state index contributed by atoms with van der Waals surface area (Å²) in [4.78, 5) is 42.4. The Kier molecular flexibility index (Phi) is 7.67. The lowest BCUT2D eigenvalue weighted by Gasteiger charge is -2.36. The Hall–Kier alpha value is -3.85. The average Bonchev–Trinajstić information content (AvgIpc) is 2.88. The molecule has 1 unspecified atom stereocenters. The van der Waals surface area contributed by atoms with Crippen molar-refractivity contribution >= 4 is 17.8 Å². The number of hydrogen-bond acceptors (Lipinski definition) is 7. The molecule has 9 heteroatoms. The molecule has 2 amide bonds.